The summed E-state index contributed by atoms with van der Waals surface area (Å²) in [5.41, 5.74) is 1.18. The van der Waals surface area contributed by atoms with Crippen molar-refractivity contribution in [2.75, 3.05) is 0 Å². The van der Waals surface area contributed by atoms with Crippen LogP contribution < -0.4 is 0 Å². The van der Waals surface area contributed by atoms with E-state index < -0.39 is 23.8 Å². The average Bonchev–Trinajstić information content (AvgIpc) is 2.60. The molecule has 1 aliphatic carbocycles. The molecule has 0 unspecified atom stereocenters. The fourth-order valence-electron chi connectivity index (χ4n) is 2.48. The molecule has 0 aromatic heterocycles. The van der Waals surface area contributed by atoms with Crippen LogP contribution in [0.5, 0.6) is 0 Å². The SMILES string of the molecule is C=C1C[C@@H](c2ccc(F)cc2F)[C@H](C(O)O)C1. The van der Waals surface area contributed by atoms with Crippen molar-refractivity contribution in [3.63, 3.8) is 0 Å². The van der Waals surface area contributed by atoms with Crippen LogP contribution in [0.1, 0.15) is 24.3 Å². The molecule has 1 aliphatic rings. The Hall–Kier alpha value is -1.26. The molecule has 2 nitrogen and oxygen atoms in total. The molecule has 1 aromatic rings. The quantitative estimate of drug-likeness (QED) is 0.615. The largest absolute Gasteiger partial charge is 0.368 e. The minimum absolute atomic E-state index is 0.322. The first kappa shape index (κ1) is 12.2. The van der Waals surface area contributed by atoms with Crippen molar-refractivity contribution in [2.24, 2.45) is 5.92 Å². The maximum absolute atomic E-state index is 13.6. The lowest BCUT2D eigenvalue weighted by atomic mass is 9.88. The van der Waals surface area contributed by atoms with Crippen LogP contribution in [0.3, 0.4) is 0 Å². The highest BCUT2D eigenvalue weighted by molar-refractivity contribution is 5.28. The molecule has 1 aromatic carbocycles. The van der Waals surface area contributed by atoms with Crippen LogP contribution in [0.25, 0.3) is 0 Å². The number of benzene rings is 1. The predicted octanol–water partition coefficient (Wildman–Crippen LogP) is 2.33. The van der Waals surface area contributed by atoms with Crippen LogP contribution in [-0.4, -0.2) is 16.5 Å². The van der Waals surface area contributed by atoms with Gasteiger partial charge < -0.3 is 10.2 Å². The number of allylic oxidation sites excluding steroid dienone is 1. The number of halogens is 2. The third-order valence-corrected chi connectivity index (χ3v) is 3.29. The van der Waals surface area contributed by atoms with Gasteiger partial charge in [-0.2, -0.15) is 0 Å². The summed E-state index contributed by atoms with van der Waals surface area (Å²) in [6.07, 6.45) is -0.548. The average molecular weight is 240 g/mol. The van der Waals surface area contributed by atoms with Gasteiger partial charge in [0.2, 0.25) is 0 Å². The molecule has 0 spiro atoms. The van der Waals surface area contributed by atoms with E-state index in [9.17, 15) is 19.0 Å². The second kappa shape index (κ2) is 4.55. The molecule has 2 atom stereocenters. The summed E-state index contributed by atoms with van der Waals surface area (Å²) in [5.74, 6) is -2.09. The van der Waals surface area contributed by atoms with Crippen molar-refractivity contribution in [3.05, 3.63) is 47.5 Å². The smallest absolute Gasteiger partial charge is 0.155 e. The standard InChI is InChI=1S/C13H14F2O2/c1-7-4-10(11(5-7)13(16)17)9-3-2-8(14)6-12(9)15/h2-3,6,10-11,13,16-17H,1,4-5H2/t10-,11+/m0/s1. The summed E-state index contributed by atoms with van der Waals surface area (Å²) >= 11 is 0. The molecule has 4 heteroatoms. The van der Waals surface area contributed by atoms with Crippen molar-refractivity contribution >= 4 is 0 Å². The number of aliphatic hydroxyl groups excluding tert-OH is 1. The molecule has 0 amide bonds. The fraction of sp³-hybridized carbons (Fsp3) is 0.385. The minimum Gasteiger partial charge on any atom is -0.368 e. The van der Waals surface area contributed by atoms with Crippen LogP contribution in [0.15, 0.2) is 30.4 Å². The summed E-state index contributed by atoms with van der Waals surface area (Å²) in [6, 6.07) is 3.36. The Labute approximate surface area is 98.2 Å². The molecule has 0 aliphatic heterocycles. The second-order valence-electron chi connectivity index (χ2n) is 4.51. The Balaban J connectivity index is 2.34. The molecule has 1 fully saturated rings. The van der Waals surface area contributed by atoms with E-state index in [1.54, 1.807) is 0 Å². The van der Waals surface area contributed by atoms with E-state index in [1.165, 1.54) is 12.1 Å². The van der Waals surface area contributed by atoms with Crippen molar-refractivity contribution in [3.8, 4) is 0 Å². The topological polar surface area (TPSA) is 40.5 Å². The summed E-state index contributed by atoms with van der Waals surface area (Å²) in [4.78, 5) is 0. The van der Waals surface area contributed by atoms with Gasteiger partial charge in [-0.3, -0.25) is 0 Å². The summed E-state index contributed by atoms with van der Waals surface area (Å²) in [6.45, 7) is 3.79. The number of rotatable bonds is 2. The molecule has 92 valence electrons. The summed E-state index contributed by atoms with van der Waals surface area (Å²) in [7, 11) is 0. The highest BCUT2D eigenvalue weighted by Gasteiger charge is 2.36. The van der Waals surface area contributed by atoms with Gasteiger partial charge in [-0.25, -0.2) is 8.78 Å². The van der Waals surface area contributed by atoms with E-state index in [0.717, 1.165) is 11.6 Å². The van der Waals surface area contributed by atoms with E-state index in [0.29, 0.717) is 18.4 Å². The van der Waals surface area contributed by atoms with Crippen LogP contribution in [-0.2, 0) is 0 Å². The monoisotopic (exact) mass is 240 g/mol. The maximum Gasteiger partial charge on any atom is 0.155 e. The molecule has 17 heavy (non-hydrogen) atoms. The Morgan fingerprint density at radius 2 is 1.94 bits per heavy atom. The van der Waals surface area contributed by atoms with Crippen LogP contribution in [0, 0.1) is 17.6 Å². The molecule has 2 rings (SSSR count). The van der Waals surface area contributed by atoms with Crippen LogP contribution >= 0.6 is 0 Å². The highest BCUT2D eigenvalue weighted by Crippen LogP contribution is 2.44. The molecule has 0 heterocycles. The first-order valence-electron chi connectivity index (χ1n) is 5.46. The van der Waals surface area contributed by atoms with Gasteiger partial charge in [-0.1, -0.05) is 18.2 Å². The van der Waals surface area contributed by atoms with Gasteiger partial charge in [-0.15, -0.1) is 0 Å². The van der Waals surface area contributed by atoms with Crippen LogP contribution in [0.2, 0.25) is 0 Å². The van der Waals surface area contributed by atoms with Gasteiger partial charge in [-0.05, 0) is 30.4 Å². The summed E-state index contributed by atoms with van der Waals surface area (Å²) in [5, 5.41) is 18.5. The first-order chi connectivity index (χ1) is 7.99. The van der Waals surface area contributed by atoms with Crippen molar-refractivity contribution < 1.29 is 19.0 Å². The second-order valence-corrected chi connectivity index (χ2v) is 4.51. The van der Waals surface area contributed by atoms with E-state index in [-0.39, 0.29) is 5.92 Å². The lowest BCUT2D eigenvalue weighted by molar-refractivity contribution is -0.0856. The van der Waals surface area contributed by atoms with Gasteiger partial charge in [0.15, 0.2) is 6.29 Å². The lowest BCUT2D eigenvalue weighted by Gasteiger charge is -2.21. The van der Waals surface area contributed by atoms with Gasteiger partial charge in [0.05, 0.1) is 0 Å². The van der Waals surface area contributed by atoms with Gasteiger partial charge in [0.1, 0.15) is 11.6 Å². The fourth-order valence-corrected chi connectivity index (χ4v) is 2.48. The molecule has 0 saturated heterocycles. The Morgan fingerprint density at radius 3 is 2.53 bits per heavy atom. The van der Waals surface area contributed by atoms with Crippen molar-refractivity contribution in [1.82, 2.24) is 0 Å². The van der Waals surface area contributed by atoms with E-state index >= 15 is 0 Å². The maximum atomic E-state index is 13.6. The zero-order chi connectivity index (χ0) is 12.6. The van der Waals surface area contributed by atoms with Gasteiger partial charge in [0.25, 0.3) is 0 Å². The van der Waals surface area contributed by atoms with Crippen molar-refractivity contribution in [2.45, 2.75) is 25.0 Å². The Bertz CT molecular complexity index is 443. The third kappa shape index (κ3) is 2.37. The number of aliphatic hydroxyl groups is 2. The molecule has 0 bridgehead atoms. The van der Waals surface area contributed by atoms with Gasteiger partial charge >= 0.3 is 0 Å². The minimum atomic E-state index is -1.51. The molecular formula is C13H14F2O2. The molecular weight excluding hydrogens is 226 g/mol. The zero-order valence-corrected chi connectivity index (χ0v) is 9.24. The molecule has 1 saturated carbocycles. The summed E-state index contributed by atoms with van der Waals surface area (Å²) < 4.78 is 26.4. The van der Waals surface area contributed by atoms with Gasteiger partial charge in [0, 0.05) is 12.0 Å². The van der Waals surface area contributed by atoms with Crippen molar-refractivity contribution in [1.29, 1.82) is 0 Å². The highest BCUT2D eigenvalue weighted by atomic mass is 19.1. The number of hydrogen-bond acceptors (Lipinski definition) is 2. The third-order valence-electron chi connectivity index (χ3n) is 3.29. The predicted molar refractivity (Wildman–Crippen MR) is 59.2 cm³/mol. The lowest BCUT2D eigenvalue weighted by Crippen LogP contribution is -2.22. The molecule has 0 radical (unpaired) electrons. The first-order valence-corrected chi connectivity index (χ1v) is 5.46. The Kier molecular flexibility index (Phi) is 3.26. The normalized spacial score (nSPS) is 24.6. The Morgan fingerprint density at radius 1 is 1.24 bits per heavy atom. The molecule has 2 N–H and O–H groups in total. The van der Waals surface area contributed by atoms with E-state index in [4.69, 9.17) is 0 Å². The zero-order valence-electron chi connectivity index (χ0n) is 9.24. The van der Waals surface area contributed by atoms with E-state index in [1.807, 2.05) is 0 Å². The number of hydrogen-bond donors (Lipinski definition) is 2. The van der Waals surface area contributed by atoms with Crippen LogP contribution in [0.4, 0.5) is 8.78 Å². The van der Waals surface area contributed by atoms with E-state index in [2.05, 4.69) is 6.58 Å².